The van der Waals surface area contributed by atoms with Crippen molar-refractivity contribution in [3.63, 3.8) is 0 Å². The number of carbonyl (C=O) groups is 1. The van der Waals surface area contributed by atoms with Crippen molar-refractivity contribution in [2.45, 2.75) is 26.8 Å². The van der Waals surface area contributed by atoms with Crippen molar-refractivity contribution in [2.24, 2.45) is 5.92 Å². The first-order valence-corrected chi connectivity index (χ1v) is 7.02. The van der Waals surface area contributed by atoms with Crippen LogP contribution in [0.2, 0.25) is 0 Å². The van der Waals surface area contributed by atoms with Crippen LogP contribution in [-0.2, 0) is 4.79 Å². The standard InChI is InChI=1S/C15H21N5O/c1-10(2)8-17-15(21)11(3)20-9-18-14(19-20)12-5-4-6-13(16)7-12/h4-7,9-11H,8,16H2,1-3H3,(H,17,21). The second kappa shape index (κ2) is 6.39. The average Bonchev–Trinajstić information content (AvgIpc) is 2.93. The van der Waals surface area contributed by atoms with Gasteiger partial charge in [0.25, 0.3) is 0 Å². The lowest BCUT2D eigenvalue weighted by Crippen LogP contribution is -2.33. The molecule has 6 nitrogen and oxygen atoms in total. The van der Waals surface area contributed by atoms with Gasteiger partial charge in [-0.25, -0.2) is 9.67 Å². The van der Waals surface area contributed by atoms with Crippen molar-refractivity contribution in [3.8, 4) is 11.4 Å². The number of benzene rings is 1. The number of nitrogen functional groups attached to an aromatic ring is 1. The van der Waals surface area contributed by atoms with Gasteiger partial charge < -0.3 is 11.1 Å². The highest BCUT2D eigenvalue weighted by Crippen LogP contribution is 2.18. The van der Waals surface area contributed by atoms with Crippen molar-refractivity contribution >= 4 is 11.6 Å². The molecule has 1 aromatic carbocycles. The lowest BCUT2D eigenvalue weighted by Gasteiger charge is -2.13. The van der Waals surface area contributed by atoms with E-state index in [9.17, 15) is 4.79 Å². The van der Waals surface area contributed by atoms with Gasteiger partial charge in [-0.2, -0.15) is 5.10 Å². The van der Waals surface area contributed by atoms with E-state index in [2.05, 4.69) is 29.2 Å². The Labute approximate surface area is 124 Å². The molecule has 0 saturated heterocycles. The first kappa shape index (κ1) is 15.0. The molecule has 0 fully saturated rings. The van der Waals surface area contributed by atoms with Gasteiger partial charge in [-0.1, -0.05) is 26.0 Å². The number of amides is 1. The second-order valence-electron chi connectivity index (χ2n) is 5.49. The van der Waals surface area contributed by atoms with Crippen molar-refractivity contribution in [2.75, 3.05) is 12.3 Å². The minimum absolute atomic E-state index is 0.0623. The molecule has 0 aliphatic heterocycles. The van der Waals surface area contributed by atoms with E-state index in [0.717, 1.165) is 5.56 Å². The van der Waals surface area contributed by atoms with Gasteiger partial charge in [0, 0.05) is 17.8 Å². The van der Waals surface area contributed by atoms with Gasteiger partial charge in [0.15, 0.2) is 5.82 Å². The summed E-state index contributed by atoms with van der Waals surface area (Å²) in [5.74, 6) is 0.915. The molecule has 1 heterocycles. The van der Waals surface area contributed by atoms with E-state index in [1.807, 2.05) is 24.3 Å². The Bertz CT molecular complexity index is 620. The summed E-state index contributed by atoms with van der Waals surface area (Å²) in [6, 6.07) is 6.96. The van der Waals surface area contributed by atoms with Crippen LogP contribution >= 0.6 is 0 Å². The maximum atomic E-state index is 12.0. The van der Waals surface area contributed by atoms with Gasteiger partial charge in [0.1, 0.15) is 12.4 Å². The van der Waals surface area contributed by atoms with Gasteiger partial charge >= 0.3 is 0 Å². The molecule has 1 aromatic heterocycles. The van der Waals surface area contributed by atoms with Crippen LogP contribution in [0.1, 0.15) is 26.8 Å². The van der Waals surface area contributed by atoms with E-state index < -0.39 is 6.04 Å². The zero-order chi connectivity index (χ0) is 15.4. The summed E-state index contributed by atoms with van der Waals surface area (Å²) in [6.45, 7) is 6.56. The predicted molar refractivity (Wildman–Crippen MR) is 82.4 cm³/mol. The zero-order valence-electron chi connectivity index (χ0n) is 12.6. The van der Waals surface area contributed by atoms with E-state index in [1.54, 1.807) is 17.9 Å². The predicted octanol–water partition coefficient (Wildman–Crippen LogP) is 1.86. The van der Waals surface area contributed by atoms with Crippen molar-refractivity contribution in [1.29, 1.82) is 0 Å². The minimum Gasteiger partial charge on any atom is -0.399 e. The molecule has 0 radical (unpaired) electrons. The number of hydrogen-bond acceptors (Lipinski definition) is 4. The fraction of sp³-hybridized carbons (Fsp3) is 0.400. The van der Waals surface area contributed by atoms with Crippen LogP contribution in [0.15, 0.2) is 30.6 Å². The average molecular weight is 287 g/mol. The Balaban J connectivity index is 2.10. The molecule has 6 heteroatoms. The summed E-state index contributed by atoms with van der Waals surface area (Å²) in [5.41, 5.74) is 7.25. The Hall–Kier alpha value is -2.37. The molecular formula is C15H21N5O. The monoisotopic (exact) mass is 287 g/mol. The SMILES string of the molecule is CC(C)CNC(=O)C(C)n1cnc(-c2cccc(N)c2)n1. The quantitative estimate of drug-likeness (QED) is 0.822. The summed E-state index contributed by atoms with van der Waals surface area (Å²) in [7, 11) is 0. The molecule has 0 bridgehead atoms. The van der Waals surface area contributed by atoms with Crippen molar-refractivity contribution in [1.82, 2.24) is 20.1 Å². The lowest BCUT2D eigenvalue weighted by molar-refractivity contribution is -0.124. The van der Waals surface area contributed by atoms with Crippen LogP contribution in [0, 0.1) is 5.92 Å². The normalized spacial score (nSPS) is 12.4. The van der Waals surface area contributed by atoms with Crippen molar-refractivity contribution < 1.29 is 4.79 Å². The summed E-state index contributed by atoms with van der Waals surface area (Å²) < 4.78 is 1.56. The second-order valence-corrected chi connectivity index (χ2v) is 5.49. The molecule has 1 amide bonds. The third-order valence-corrected chi connectivity index (χ3v) is 3.11. The highest BCUT2D eigenvalue weighted by Gasteiger charge is 2.17. The van der Waals surface area contributed by atoms with Crippen molar-refractivity contribution in [3.05, 3.63) is 30.6 Å². The van der Waals surface area contributed by atoms with E-state index in [0.29, 0.717) is 24.0 Å². The molecule has 0 saturated carbocycles. The number of nitrogens with zero attached hydrogens (tertiary/aromatic N) is 3. The molecule has 112 valence electrons. The number of aromatic nitrogens is 3. The number of nitrogens with one attached hydrogen (secondary N) is 1. The van der Waals surface area contributed by atoms with Gasteiger partial charge in [0.05, 0.1) is 0 Å². The molecule has 21 heavy (non-hydrogen) atoms. The smallest absolute Gasteiger partial charge is 0.244 e. The van der Waals surface area contributed by atoms with Crippen LogP contribution in [0.25, 0.3) is 11.4 Å². The largest absolute Gasteiger partial charge is 0.399 e. The van der Waals surface area contributed by atoms with Gasteiger partial charge in [-0.05, 0) is 25.0 Å². The lowest BCUT2D eigenvalue weighted by atomic mass is 10.2. The Morgan fingerprint density at radius 1 is 1.38 bits per heavy atom. The number of nitrogens with two attached hydrogens (primary N) is 1. The van der Waals surface area contributed by atoms with Gasteiger partial charge in [0.2, 0.25) is 5.91 Å². The Morgan fingerprint density at radius 3 is 2.81 bits per heavy atom. The fourth-order valence-corrected chi connectivity index (χ4v) is 1.84. The fourth-order valence-electron chi connectivity index (χ4n) is 1.84. The van der Waals surface area contributed by atoms with Gasteiger partial charge in [-0.15, -0.1) is 0 Å². The Morgan fingerprint density at radius 2 is 2.14 bits per heavy atom. The van der Waals surface area contributed by atoms with E-state index in [4.69, 9.17) is 5.73 Å². The third-order valence-electron chi connectivity index (χ3n) is 3.11. The molecule has 2 rings (SSSR count). The molecule has 0 aliphatic rings. The third kappa shape index (κ3) is 3.81. The topological polar surface area (TPSA) is 85.8 Å². The van der Waals surface area contributed by atoms with E-state index in [-0.39, 0.29) is 5.91 Å². The minimum atomic E-state index is -0.397. The van der Waals surface area contributed by atoms with Crippen LogP contribution in [0.4, 0.5) is 5.69 Å². The molecule has 1 atom stereocenters. The number of hydrogen-bond donors (Lipinski definition) is 2. The van der Waals surface area contributed by atoms with Crippen LogP contribution in [0.5, 0.6) is 0 Å². The number of anilines is 1. The summed E-state index contributed by atoms with van der Waals surface area (Å²) in [6.07, 6.45) is 1.57. The molecule has 3 N–H and O–H groups in total. The molecule has 0 spiro atoms. The molecular weight excluding hydrogens is 266 g/mol. The molecule has 2 aromatic rings. The van der Waals surface area contributed by atoms with Crippen LogP contribution < -0.4 is 11.1 Å². The van der Waals surface area contributed by atoms with Gasteiger partial charge in [-0.3, -0.25) is 4.79 Å². The number of carbonyl (C=O) groups excluding carboxylic acids is 1. The van der Waals surface area contributed by atoms with Crippen LogP contribution in [-0.4, -0.2) is 27.2 Å². The highest BCUT2D eigenvalue weighted by molar-refractivity contribution is 5.79. The summed E-state index contributed by atoms with van der Waals surface area (Å²) in [4.78, 5) is 16.3. The summed E-state index contributed by atoms with van der Waals surface area (Å²) in [5, 5.41) is 7.25. The highest BCUT2D eigenvalue weighted by atomic mass is 16.2. The summed E-state index contributed by atoms with van der Waals surface area (Å²) >= 11 is 0. The Kier molecular flexibility index (Phi) is 4.57. The first-order valence-electron chi connectivity index (χ1n) is 7.02. The molecule has 0 aliphatic carbocycles. The van der Waals surface area contributed by atoms with E-state index in [1.165, 1.54) is 0 Å². The van der Waals surface area contributed by atoms with Crippen LogP contribution in [0.3, 0.4) is 0 Å². The first-order chi connectivity index (χ1) is 9.97. The number of rotatable bonds is 5. The maximum absolute atomic E-state index is 12.0. The maximum Gasteiger partial charge on any atom is 0.244 e. The van der Waals surface area contributed by atoms with E-state index >= 15 is 0 Å². The zero-order valence-corrected chi connectivity index (χ0v) is 12.6. The molecule has 1 unspecified atom stereocenters.